The quantitative estimate of drug-likeness (QED) is 0.288. The van der Waals surface area contributed by atoms with Gasteiger partial charge in [0.25, 0.3) is 14.3 Å². The van der Waals surface area contributed by atoms with E-state index in [9.17, 15) is 4.79 Å². The lowest BCUT2D eigenvalue weighted by atomic mass is 10.2. The molecule has 0 aliphatic carbocycles. The van der Waals surface area contributed by atoms with Gasteiger partial charge in [0, 0.05) is 25.9 Å². The Kier molecular flexibility index (Phi) is 13.1. The van der Waals surface area contributed by atoms with Gasteiger partial charge in [-0.2, -0.15) is 0 Å². The van der Waals surface area contributed by atoms with E-state index in [1.807, 2.05) is 27.7 Å². The summed E-state index contributed by atoms with van der Waals surface area (Å²) in [7, 11) is -5.17. The Hall–Kier alpha value is -0.216. The Balaban J connectivity index is 5.65. The zero-order valence-electron chi connectivity index (χ0n) is 20.1. The SMILES string of the molecule is CCO[Si](CC(C)C(=O)O[Si](C(C)C)(C(C)CC)C(C)CC)(OCC)OCC. The molecule has 5 nitrogen and oxygen atoms in total. The first kappa shape index (κ1) is 27.8. The van der Waals surface area contributed by atoms with Crippen LogP contribution in [-0.2, 0) is 22.5 Å². The predicted octanol–water partition coefficient (Wildman–Crippen LogP) is 6.17. The maximum atomic E-state index is 13.3. The monoisotopic (exact) mass is 434 g/mol. The average molecular weight is 435 g/mol. The van der Waals surface area contributed by atoms with Crippen molar-refractivity contribution in [3.8, 4) is 0 Å². The van der Waals surface area contributed by atoms with Gasteiger partial charge in [0.2, 0.25) is 0 Å². The zero-order valence-corrected chi connectivity index (χ0v) is 22.1. The molecule has 0 rings (SSSR count). The van der Waals surface area contributed by atoms with Crippen LogP contribution in [0.25, 0.3) is 0 Å². The molecule has 0 aliphatic rings. The van der Waals surface area contributed by atoms with Gasteiger partial charge in [0.05, 0.1) is 5.92 Å². The van der Waals surface area contributed by atoms with E-state index in [0.29, 0.717) is 42.5 Å². The fraction of sp³-hybridized carbons (Fsp3) is 0.952. The van der Waals surface area contributed by atoms with Gasteiger partial charge < -0.3 is 17.7 Å². The van der Waals surface area contributed by atoms with Crippen molar-refractivity contribution in [3.63, 3.8) is 0 Å². The third-order valence-electron chi connectivity index (χ3n) is 6.00. The normalized spacial score (nSPS) is 17.8. The van der Waals surface area contributed by atoms with Crippen LogP contribution in [0.15, 0.2) is 0 Å². The molecule has 0 aromatic carbocycles. The van der Waals surface area contributed by atoms with Crippen LogP contribution in [0.1, 0.15) is 82.1 Å². The van der Waals surface area contributed by atoms with E-state index in [1.54, 1.807) is 0 Å². The molecule has 7 heteroatoms. The van der Waals surface area contributed by atoms with Crippen LogP contribution in [0.5, 0.6) is 0 Å². The third-order valence-corrected chi connectivity index (χ3v) is 15.6. The Morgan fingerprint density at radius 3 is 1.43 bits per heavy atom. The summed E-state index contributed by atoms with van der Waals surface area (Å²) in [6.07, 6.45) is 2.07. The molecule has 0 aliphatic heterocycles. The molecule has 0 amide bonds. The van der Waals surface area contributed by atoms with Crippen molar-refractivity contribution in [1.29, 1.82) is 0 Å². The molecule has 0 aromatic heterocycles. The maximum Gasteiger partial charge on any atom is 0.501 e. The lowest BCUT2D eigenvalue weighted by Gasteiger charge is -2.44. The first-order valence-corrected chi connectivity index (χ1v) is 15.3. The number of hydrogen-bond acceptors (Lipinski definition) is 5. The molecule has 0 fully saturated rings. The van der Waals surface area contributed by atoms with Crippen LogP contribution in [0, 0.1) is 5.92 Å². The predicted molar refractivity (Wildman–Crippen MR) is 121 cm³/mol. The second-order valence-electron chi connectivity index (χ2n) is 8.14. The number of rotatable bonds is 15. The summed E-state index contributed by atoms with van der Waals surface area (Å²) >= 11 is 0. The Morgan fingerprint density at radius 1 is 0.750 bits per heavy atom. The summed E-state index contributed by atoms with van der Waals surface area (Å²) in [4.78, 5) is 13.3. The van der Waals surface area contributed by atoms with E-state index in [4.69, 9.17) is 17.7 Å². The second kappa shape index (κ2) is 13.2. The molecule has 3 unspecified atom stereocenters. The Morgan fingerprint density at radius 2 is 1.14 bits per heavy atom. The smallest absolute Gasteiger partial charge is 0.501 e. The van der Waals surface area contributed by atoms with Gasteiger partial charge in [-0.05, 0) is 37.4 Å². The number of hydrogen-bond donors (Lipinski definition) is 0. The highest BCUT2D eigenvalue weighted by Gasteiger charge is 2.52. The van der Waals surface area contributed by atoms with Gasteiger partial charge in [0.15, 0.2) is 0 Å². The number of carbonyl (C=O) groups is 1. The average Bonchev–Trinajstić information content (AvgIpc) is 2.64. The van der Waals surface area contributed by atoms with E-state index in [1.165, 1.54) is 0 Å². The molecule has 168 valence electrons. The Labute approximate surface area is 176 Å². The lowest BCUT2D eigenvalue weighted by molar-refractivity contribution is -0.139. The summed E-state index contributed by atoms with van der Waals surface area (Å²) in [5, 5.41) is 0. The van der Waals surface area contributed by atoms with Crippen molar-refractivity contribution in [2.75, 3.05) is 19.8 Å². The first-order valence-electron chi connectivity index (χ1n) is 11.2. The minimum absolute atomic E-state index is 0.114. The fourth-order valence-corrected chi connectivity index (χ4v) is 12.8. The van der Waals surface area contributed by atoms with Crippen molar-refractivity contribution in [3.05, 3.63) is 0 Å². The van der Waals surface area contributed by atoms with Gasteiger partial charge in [0.1, 0.15) is 0 Å². The summed E-state index contributed by atoms with van der Waals surface area (Å²) < 4.78 is 24.3. The molecule has 28 heavy (non-hydrogen) atoms. The molecule has 3 atom stereocenters. The second-order valence-corrected chi connectivity index (χ2v) is 15.8. The largest absolute Gasteiger partial charge is 0.518 e. The van der Waals surface area contributed by atoms with Crippen LogP contribution in [0.2, 0.25) is 22.7 Å². The molecule has 0 N–H and O–H groups in total. The maximum absolute atomic E-state index is 13.3. The summed E-state index contributed by atoms with van der Waals surface area (Å²) in [6.45, 7) is 22.6. The number of carbonyl (C=O) groups excluding carboxylic acids is 1. The molecule has 0 spiro atoms. The van der Waals surface area contributed by atoms with Crippen molar-refractivity contribution in [1.82, 2.24) is 0 Å². The third kappa shape index (κ3) is 6.94. The van der Waals surface area contributed by atoms with E-state index in [2.05, 4.69) is 41.5 Å². The van der Waals surface area contributed by atoms with Crippen LogP contribution >= 0.6 is 0 Å². The van der Waals surface area contributed by atoms with Crippen molar-refractivity contribution >= 4 is 23.1 Å². The minimum atomic E-state index is -2.88. The van der Waals surface area contributed by atoms with E-state index in [0.717, 1.165) is 12.8 Å². The first-order chi connectivity index (χ1) is 13.1. The highest BCUT2D eigenvalue weighted by Crippen LogP contribution is 2.46. The molecule has 0 heterocycles. The van der Waals surface area contributed by atoms with E-state index in [-0.39, 0.29) is 11.9 Å². The van der Waals surface area contributed by atoms with Gasteiger partial charge in [-0.1, -0.05) is 61.3 Å². The van der Waals surface area contributed by atoms with Crippen molar-refractivity contribution in [2.45, 2.75) is 105 Å². The highest BCUT2D eigenvalue weighted by atomic mass is 28.4. The van der Waals surface area contributed by atoms with Gasteiger partial charge in [-0.3, -0.25) is 4.79 Å². The van der Waals surface area contributed by atoms with Crippen molar-refractivity contribution in [2.24, 2.45) is 5.92 Å². The fourth-order valence-electron chi connectivity index (χ4n) is 4.28. The Bertz CT molecular complexity index is 417. The summed E-state index contributed by atoms with van der Waals surface area (Å²) in [5.41, 5.74) is 1.22. The van der Waals surface area contributed by atoms with Crippen LogP contribution in [0.4, 0.5) is 0 Å². The topological polar surface area (TPSA) is 54.0 Å². The van der Waals surface area contributed by atoms with Crippen LogP contribution in [0.3, 0.4) is 0 Å². The molecular weight excluding hydrogens is 388 g/mol. The minimum Gasteiger partial charge on any atom is -0.518 e. The van der Waals surface area contributed by atoms with Gasteiger partial charge >= 0.3 is 8.80 Å². The lowest BCUT2D eigenvalue weighted by Crippen LogP contribution is -2.53. The highest BCUT2D eigenvalue weighted by molar-refractivity contribution is 6.79. The van der Waals surface area contributed by atoms with Gasteiger partial charge in [-0.25, -0.2) is 0 Å². The van der Waals surface area contributed by atoms with E-state index >= 15 is 0 Å². The van der Waals surface area contributed by atoms with Crippen LogP contribution < -0.4 is 0 Å². The summed E-state index contributed by atoms with van der Waals surface area (Å²) in [6, 6.07) is 0.463. The van der Waals surface area contributed by atoms with Gasteiger partial charge in [-0.15, -0.1) is 0 Å². The van der Waals surface area contributed by atoms with E-state index < -0.39 is 17.1 Å². The standard InChI is InChI=1S/C21H46O5Si2/c1-11-19(9)28(17(6)7,20(10)12-2)26-21(22)18(8)16-27(23-13-3,24-14-4)25-15-5/h17-20H,11-16H2,1-10H3. The molecule has 0 saturated heterocycles. The van der Waals surface area contributed by atoms with Crippen molar-refractivity contribution < 1.29 is 22.5 Å². The van der Waals surface area contributed by atoms with Crippen LogP contribution in [-0.4, -0.2) is 42.9 Å². The molecule has 0 radical (unpaired) electrons. The molecule has 0 saturated carbocycles. The zero-order chi connectivity index (χ0) is 22.0. The molecular formula is C21H46O5Si2. The molecule has 0 bridgehead atoms. The summed E-state index contributed by atoms with van der Waals surface area (Å²) in [5.74, 6) is -0.424. The molecule has 0 aromatic rings.